The number of ketones is 1. The second-order valence-corrected chi connectivity index (χ2v) is 6.63. The lowest BCUT2D eigenvalue weighted by Gasteiger charge is -2.29. The fourth-order valence-corrected chi connectivity index (χ4v) is 3.08. The fraction of sp³-hybridized carbons (Fsp3) is 0.474. The molecule has 122 valence electrons. The maximum atomic E-state index is 12.2. The van der Waals surface area contributed by atoms with Crippen LogP contribution >= 0.6 is 0 Å². The second kappa shape index (κ2) is 7.55. The first-order valence-electron chi connectivity index (χ1n) is 8.52. The number of hydrogen-bond donors (Lipinski definition) is 0. The van der Waals surface area contributed by atoms with Gasteiger partial charge in [-0.1, -0.05) is 19.1 Å². The van der Waals surface area contributed by atoms with E-state index in [0.29, 0.717) is 18.6 Å². The largest absolute Gasteiger partial charge is 0.306 e. The molecule has 0 atom stereocenters. The molecular formula is C19H25N3O. The molecule has 1 aromatic carbocycles. The smallest absolute Gasteiger partial charge is 0.138 e. The molecule has 1 aliphatic rings. The maximum absolute atomic E-state index is 12.2. The number of piperidine rings is 1. The summed E-state index contributed by atoms with van der Waals surface area (Å²) < 4.78 is 1.96. The lowest BCUT2D eigenvalue weighted by atomic mass is 9.99. The van der Waals surface area contributed by atoms with Crippen LogP contribution in [0.25, 0.3) is 5.69 Å². The third kappa shape index (κ3) is 4.52. The molecule has 4 heteroatoms. The Morgan fingerprint density at radius 2 is 1.96 bits per heavy atom. The quantitative estimate of drug-likeness (QED) is 0.823. The first-order chi connectivity index (χ1) is 11.2. The summed E-state index contributed by atoms with van der Waals surface area (Å²) in [6.07, 6.45) is 9.19. The van der Waals surface area contributed by atoms with E-state index in [4.69, 9.17) is 0 Å². The minimum absolute atomic E-state index is 0.332. The molecule has 3 rings (SSSR count). The van der Waals surface area contributed by atoms with Crippen LogP contribution in [0.3, 0.4) is 0 Å². The van der Waals surface area contributed by atoms with Gasteiger partial charge in [-0.15, -0.1) is 0 Å². The van der Waals surface area contributed by atoms with Gasteiger partial charge in [0.05, 0.1) is 6.33 Å². The molecule has 1 saturated heterocycles. The van der Waals surface area contributed by atoms with Crippen LogP contribution < -0.4 is 0 Å². The minimum atomic E-state index is 0.332. The number of imidazole rings is 1. The molecule has 23 heavy (non-hydrogen) atoms. The van der Waals surface area contributed by atoms with E-state index >= 15 is 0 Å². The van der Waals surface area contributed by atoms with Crippen LogP contribution in [0.15, 0.2) is 43.0 Å². The van der Waals surface area contributed by atoms with Crippen molar-refractivity contribution in [1.82, 2.24) is 14.5 Å². The van der Waals surface area contributed by atoms with Crippen molar-refractivity contribution in [3.05, 3.63) is 48.5 Å². The third-order valence-electron chi connectivity index (χ3n) is 4.72. The summed E-state index contributed by atoms with van der Waals surface area (Å²) in [5, 5.41) is 0. The highest BCUT2D eigenvalue weighted by atomic mass is 16.1. The van der Waals surface area contributed by atoms with E-state index in [-0.39, 0.29) is 0 Å². The molecule has 0 unspecified atom stereocenters. The lowest BCUT2D eigenvalue weighted by molar-refractivity contribution is -0.118. The van der Waals surface area contributed by atoms with Gasteiger partial charge in [0, 0.05) is 37.5 Å². The van der Waals surface area contributed by atoms with Crippen molar-refractivity contribution >= 4 is 5.78 Å². The molecule has 1 fully saturated rings. The molecule has 0 saturated carbocycles. The van der Waals surface area contributed by atoms with E-state index in [0.717, 1.165) is 36.8 Å². The highest BCUT2D eigenvalue weighted by Gasteiger charge is 2.16. The highest BCUT2D eigenvalue weighted by molar-refractivity contribution is 5.81. The Bertz CT molecular complexity index is 611. The summed E-state index contributed by atoms with van der Waals surface area (Å²) in [6.45, 7) is 5.52. The molecule has 0 spiro atoms. The van der Waals surface area contributed by atoms with Gasteiger partial charge in [0.2, 0.25) is 0 Å². The zero-order valence-corrected chi connectivity index (χ0v) is 13.8. The Labute approximate surface area is 138 Å². The summed E-state index contributed by atoms with van der Waals surface area (Å²) in [4.78, 5) is 18.7. The maximum Gasteiger partial charge on any atom is 0.138 e. The van der Waals surface area contributed by atoms with Crippen LogP contribution in [0.2, 0.25) is 0 Å². The number of nitrogens with zero attached hydrogens (tertiary/aromatic N) is 3. The van der Waals surface area contributed by atoms with E-state index in [1.165, 1.54) is 12.8 Å². The monoisotopic (exact) mass is 311 g/mol. The minimum Gasteiger partial charge on any atom is -0.306 e. The van der Waals surface area contributed by atoms with E-state index in [1.807, 2.05) is 35.0 Å². The molecule has 0 bridgehead atoms. The third-order valence-corrected chi connectivity index (χ3v) is 4.72. The molecular weight excluding hydrogens is 286 g/mol. The van der Waals surface area contributed by atoms with Crippen LogP contribution in [-0.2, 0) is 11.2 Å². The van der Waals surface area contributed by atoms with Gasteiger partial charge in [0.25, 0.3) is 0 Å². The van der Waals surface area contributed by atoms with E-state index in [9.17, 15) is 4.79 Å². The Morgan fingerprint density at radius 3 is 2.61 bits per heavy atom. The Balaban J connectivity index is 1.46. The number of benzene rings is 1. The van der Waals surface area contributed by atoms with E-state index in [2.05, 4.69) is 16.8 Å². The number of aromatic nitrogens is 2. The van der Waals surface area contributed by atoms with Gasteiger partial charge in [-0.3, -0.25) is 4.79 Å². The average molecular weight is 311 g/mol. The van der Waals surface area contributed by atoms with Crippen molar-refractivity contribution in [1.29, 1.82) is 0 Å². The molecule has 2 aromatic rings. The standard InChI is InChI=1S/C19H25N3O/c1-16-6-10-21(11-7-16)12-8-19(23)14-17-2-4-18(5-3-17)22-13-9-20-15-22/h2-5,9,13,15-16H,6-8,10-12,14H2,1H3. The van der Waals surface area contributed by atoms with Gasteiger partial charge in [-0.2, -0.15) is 0 Å². The number of rotatable bonds is 6. The molecule has 1 aromatic heterocycles. The molecule has 0 aliphatic carbocycles. The van der Waals surface area contributed by atoms with Crippen molar-refractivity contribution in [3.8, 4) is 5.69 Å². The molecule has 2 heterocycles. The first kappa shape index (κ1) is 15.9. The van der Waals surface area contributed by atoms with Crippen LogP contribution in [0.5, 0.6) is 0 Å². The van der Waals surface area contributed by atoms with Crippen molar-refractivity contribution in [2.45, 2.75) is 32.6 Å². The van der Waals surface area contributed by atoms with Crippen molar-refractivity contribution < 1.29 is 4.79 Å². The number of Topliss-reactive ketones (excluding diaryl/α,β-unsaturated/α-hetero) is 1. The van der Waals surface area contributed by atoms with E-state index < -0.39 is 0 Å². The van der Waals surface area contributed by atoms with E-state index in [1.54, 1.807) is 12.5 Å². The normalized spacial score (nSPS) is 16.6. The Morgan fingerprint density at radius 1 is 1.22 bits per heavy atom. The summed E-state index contributed by atoms with van der Waals surface area (Å²) in [5.74, 6) is 1.18. The van der Waals surface area contributed by atoms with Crippen molar-refractivity contribution in [2.24, 2.45) is 5.92 Å². The number of likely N-dealkylation sites (tertiary alicyclic amines) is 1. The Hall–Kier alpha value is -1.94. The number of carbonyl (C=O) groups excluding carboxylic acids is 1. The van der Waals surface area contributed by atoms with Crippen LogP contribution in [0, 0.1) is 5.92 Å². The van der Waals surface area contributed by atoms with Gasteiger partial charge in [-0.05, 0) is 49.5 Å². The van der Waals surface area contributed by atoms with Gasteiger partial charge >= 0.3 is 0 Å². The number of hydrogen-bond acceptors (Lipinski definition) is 3. The summed E-state index contributed by atoms with van der Waals surface area (Å²) in [7, 11) is 0. The van der Waals surface area contributed by atoms with Gasteiger partial charge in [0.15, 0.2) is 0 Å². The van der Waals surface area contributed by atoms with Crippen LogP contribution in [-0.4, -0.2) is 39.9 Å². The average Bonchev–Trinajstić information content (AvgIpc) is 3.09. The first-order valence-corrected chi connectivity index (χ1v) is 8.52. The van der Waals surface area contributed by atoms with Gasteiger partial charge in [-0.25, -0.2) is 4.98 Å². The molecule has 0 radical (unpaired) electrons. The predicted molar refractivity (Wildman–Crippen MR) is 91.7 cm³/mol. The SMILES string of the molecule is CC1CCN(CCC(=O)Cc2ccc(-n3ccnc3)cc2)CC1. The van der Waals surface area contributed by atoms with Crippen molar-refractivity contribution in [3.63, 3.8) is 0 Å². The molecule has 1 aliphatic heterocycles. The number of carbonyl (C=O) groups is 1. The van der Waals surface area contributed by atoms with Gasteiger partial charge in [0.1, 0.15) is 5.78 Å². The van der Waals surface area contributed by atoms with Crippen molar-refractivity contribution in [2.75, 3.05) is 19.6 Å². The predicted octanol–water partition coefficient (Wildman–Crippen LogP) is 3.11. The topological polar surface area (TPSA) is 38.1 Å². The Kier molecular flexibility index (Phi) is 5.23. The highest BCUT2D eigenvalue weighted by Crippen LogP contribution is 2.16. The fourth-order valence-electron chi connectivity index (χ4n) is 3.08. The molecule has 4 nitrogen and oxygen atoms in total. The lowest BCUT2D eigenvalue weighted by Crippen LogP contribution is -2.34. The van der Waals surface area contributed by atoms with Crippen LogP contribution in [0.4, 0.5) is 0 Å². The molecule has 0 amide bonds. The van der Waals surface area contributed by atoms with Gasteiger partial charge < -0.3 is 9.47 Å². The second-order valence-electron chi connectivity index (χ2n) is 6.63. The summed E-state index contributed by atoms with van der Waals surface area (Å²) in [5.41, 5.74) is 2.16. The summed E-state index contributed by atoms with van der Waals surface area (Å²) >= 11 is 0. The van der Waals surface area contributed by atoms with Crippen LogP contribution in [0.1, 0.15) is 31.7 Å². The zero-order valence-electron chi connectivity index (χ0n) is 13.8. The molecule has 0 N–H and O–H groups in total. The summed E-state index contributed by atoms with van der Waals surface area (Å²) in [6, 6.07) is 8.15. The zero-order chi connectivity index (χ0) is 16.1.